The molecule has 0 aliphatic heterocycles. The lowest BCUT2D eigenvalue weighted by atomic mass is 9.94. The van der Waals surface area contributed by atoms with E-state index in [0.29, 0.717) is 12.0 Å². The van der Waals surface area contributed by atoms with Gasteiger partial charge in [-0.15, -0.1) is 0 Å². The van der Waals surface area contributed by atoms with E-state index >= 15 is 0 Å². The number of carboxylic acid groups (broad SMARTS) is 1. The standard InChI is InChI=1S/C28H30N2O5/c1-28(2,18-19-6-4-3-5-7-19)30-27(35)24(16-17-25(32)33)29-26(34)22-10-8-20(9-11-22)21-12-14-23(31)15-13-21/h3-15,24,31H,16-18H2,1-2H3,(H,29,34)(H,30,35)(H,32,33)/t24-/m0/s1. The zero-order valence-electron chi connectivity index (χ0n) is 19.8. The van der Waals surface area contributed by atoms with Crippen LogP contribution >= 0.6 is 0 Å². The number of amides is 2. The van der Waals surface area contributed by atoms with Crippen molar-refractivity contribution in [2.75, 3.05) is 0 Å². The van der Waals surface area contributed by atoms with Crippen LogP contribution < -0.4 is 10.6 Å². The first-order valence-electron chi connectivity index (χ1n) is 11.4. The molecule has 182 valence electrons. The average molecular weight is 475 g/mol. The third kappa shape index (κ3) is 7.71. The molecule has 2 amide bonds. The number of aliphatic carboxylic acids is 1. The summed E-state index contributed by atoms with van der Waals surface area (Å²) in [6.45, 7) is 3.77. The number of rotatable bonds is 10. The maximum Gasteiger partial charge on any atom is 0.303 e. The Morgan fingerprint density at radius 1 is 0.857 bits per heavy atom. The summed E-state index contributed by atoms with van der Waals surface area (Å²) in [5.41, 5.74) is 2.55. The largest absolute Gasteiger partial charge is 0.508 e. The van der Waals surface area contributed by atoms with Gasteiger partial charge in [0.25, 0.3) is 5.91 Å². The van der Waals surface area contributed by atoms with Gasteiger partial charge in [-0.3, -0.25) is 14.4 Å². The summed E-state index contributed by atoms with van der Waals surface area (Å²) in [5, 5.41) is 24.2. The predicted octanol–water partition coefficient (Wildman–Crippen LogP) is 4.16. The van der Waals surface area contributed by atoms with Crippen molar-refractivity contribution in [1.29, 1.82) is 0 Å². The number of carbonyl (C=O) groups is 3. The Morgan fingerprint density at radius 3 is 2.00 bits per heavy atom. The van der Waals surface area contributed by atoms with Gasteiger partial charge in [-0.2, -0.15) is 0 Å². The van der Waals surface area contributed by atoms with E-state index in [4.69, 9.17) is 5.11 Å². The molecule has 0 heterocycles. The van der Waals surface area contributed by atoms with E-state index in [-0.39, 0.29) is 18.6 Å². The minimum Gasteiger partial charge on any atom is -0.508 e. The van der Waals surface area contributed by atoms with Gasteiger partial charge in [-0.05, 0) is 67.6 Å². The first kappa shape index (κ1) is 25.5. The third-order valence-corrected chi connectivity index (χ3v) is 5.57. The second-order valence-electron chi connectivity index (χ2n) is 9.12. The molecule has 3 aromatic carbocycles. The van der Waals surface area contributed by atoms with Crippen LogP contribution in [-0.2, 0) is 16.0 Å². The number of carboxylic acids is 1. The zero-order chi connectivity index (χ0) is 25.4. The van der Waals surface area contributed by atoms with E-state index in [2.05, 4.69) is 10.6 Å². The zero-order valence-corrected chi connectivity index (χ0v) is 19.8. The second-order valence-corrected chi connectivity index (χ2v) is 9.12. The lowest BCUT2D eigenvalue weighted by Gasteiger charge is -2.29. The van der Waals surface area contributed by atoms with Crippen molar-refractivity contribution in [3.05, 3.63) is 90.0 Å². The van der Waals surface area contributed by atoms with Gasteiger partial charge in [0.05, 0.1) is 0 Å². The number of phenolic OH excluding ortho intramolecular Hbond substituents is 1. The van der Waals surface area contributed by atoms with Crippen LogP contribution in [0.2, 0.25) is 0 Å². The Kier molecular flexibility index (Phi) is 8.25. The molecule has 3 rings (SSSR count). The maximum absolute atomic E-state index is 13.1. The summed E-state index contributed by atoms with van der Waals surface area (Å²) < 4.78 is 0. The summed E-state index contributed by atoms with van der Waals surface area (Å²) in [6.07, 6.45) is 0.301. The molecule has 0 saturated heterocycles. The van der Waals surface area contributed by atoms with Crippen LogP contribution in [0.15, 0.2) is 78.9 Å². The highest BCUT2D eigenvalue weighted by Gasteiger charge is 2.28. The molecule has 0 aromatic heterocycles. The van der Waals surface area contributed by atoms with Crippen LogP contribution in [-0.4, -0.2) is 39.6 Å². The van der Waals surface area contributed by atoms with Crippen LogP contribution in [0.3, 0.4) is 0 Å². The van der Waals surface area contributed by atoms with E-state index in [1.165, 1.54) is 0 Å². The Hall–Kier alpha value is -4.13. The van der Waals surface area contributed by atoms with E-state index in [0.717, 1.165) is 16.7 Å². The van der Waals surface area contributed by atoms with Gasteiger partial charge < -0.3 is 20.8 Å². The van der Waals surface area contributed by atoms with Crippen molar-refractivity contribution in [3.63, 3.8) is 0 Å². The molecule has 35 heavy (non-hydrogen) atoms. The fraction of sp³-hybridized carbons (Fsp3) is 0.250. The molecule has 7 heteroatoms. The summed E-state index contributed by atoms with van der Waals surface area (Å²) in [5.74, 6) is -1.77. The molecule has 7 nitrogen and oxygen atoms in total. The van der Waals surface area contributed by atoms with Gasteiger partial charge in [0.15, 0.2) is 0 Å². The SMILES string of the molecule is CC(C)(Cc1ccccc1)NC(=O)[C@H](CCC(=O)O)NC(=O)c1ccc(-c2ccc(O)cc2)cc1. The minimum absolute atomic E-state index is 0.0279. The van der Waals surface area contributed by atoms with Gasteiger partial charge in [-0.25, -0.2) is 0 Å². The van der Waals surface area contributed by atoms with Crippen molar-refractivity contribution in [1.82, 2.24) is 10.6 Å². The van der Waals surface area contributed by atoms with Gasteiger partial charge in [0, 0.05) is 17.5 Å². The Bertz CT molecular complexity index is 1160. The molecule has 0 saturated carbocycles. The van der Waals surface area contributed by atoms with E-state index in [1.807, 2.05) is 44.2 Å². The van der Waals surface area contributed by atoms with Crippen molar-refractivity contribution in [2.24, 2.45) is 0 Å². The van der Waals surface area contributed by atoms with Gasteiger partial charge >= 0.3 is 5.97 Å². The third-order valence-electron chi connectivity index (χ3n) is 5.57. The van der Waals surface area contributed by atoms with Crippen LogP contribution in [0.1, 0.15) is 42.6 Å². The maximum atomic E-state index is 13.1. The fourth-order valence-electron chi connectivity index (χ4n) is 3.82. The lowest BCUT2D eigenvalue weighted by Crippen LogP contribution is -2.54. The molecule has 4 N–H and O–H groups in total. The van der Waals surface area contributed by atoms with Crippen molar-refractivity contribution >= 4 is 17.8 Å². The second kappa shape index (κ2) is 11.3. The number of phenols is 1. The average Bonchev–Trinajstić information content (AvgIpc) is 2.82. The number of nitrogens with one attached hydrogen (secondary N) is 2. The number of carbonyl (C=O) groups excluding carboxylic acids is 2. The molecule has 0 radical (unpaired) electrons. The molecule has 0 unspecified atom stereocenters. The number of aromatic hydroxyl groups is 1. The molecule has 0 spiro atoms. The summed E-state index contributed by atoms with van der Waals surface area (Å²) >= 11 is 0. The minimum atomic E-state index is -1.04. The first-order valence-corrected chi connectivity index (χ1v) is 11.4. The molecular weight excluding hydrogens is 444 g/mol. The monoisotopic (exact) mass is 474 g/mol. The van der Waals surface area contributed by atoms with Crippen molar-refractivity contribution in [2.45, 2.75) is 44.7 Å². The Morgan fingerprint density at radius 2 is 1.43 bits per heavy atom. The Balaban J connectivity index is 1.69. The highest BCUT2D eigenvalue weighted by atomic mass is 16.4. The predicted molar refractivity (Wildman–Crippen MR) is 134 cm³/mol. The molecular formula is C28H30N2O5. The lowest BCUT2D eigenvalue weighted by molar-refractivity contribution is -0.137. The molecule has 0 fully saturated rings. The molecule has 1 atom stereocenters. The molecule has 0 bridgehead atoms. The molecule has 3 aromatic rings. The highest BCUT2D eigenvalue weighted by molar-refractivity contribution is 5.98. The summed E-state index contributed by atoms with van der Waals surface area (Å²) in [7, 11) is 0. The number of benzene rings is 3. The van der Waals surface area contributed by atoms with Crippen LogP contribution in [0.5, 0.6) is 5.75 Å². The van der Waals surface area contributed by atoms with Gasteiger partial charge in [0.1, 0.15) is 11.8 Å². The smallest absolute Gasteiger partial charge is 0.303 e. The molecule has 0 aliphatic carbocycles. The van der Waals surface area contributed by atoms with Gasteiger partial charge in [0.2, 0.25) is 5.91 Å². The topological polar surface area (TPSA) is 116 Å². The van der Waals surface area contributed by atoms with Crippen LogP contribution in [0.25, 0.3) is 11.1 Å². The van der Waals surface area contributed by atoms with Crippen LogP contribution in [0.4, 0.5) is 0 Å². The van der Waals surface area contributed by atoms with Crippen molar-refractivity contribution < 1.29 is 24.6 Å². The van der Waals surface area contributed by atoms with E-state index in [9.17, 15) is 19.5 Å². The first-order chi connectivity index (χ1) is 16.6. The van der Waals surface area contributed by atoms with Crippen LogP contribution in [0, 0.1) is 0 Å². The van der Waals surface area contributed by atoms with Crippen molar-refractivity contribution in [3.8, 4) is 16.9 Å². The van der Waals surface area contributed by atoms with E-state index in [1.54, 1.807) is 48.5 Å². The summed E-state index contributed by atoms with van der Waals surface area (Å²) in [4.78, 5) is 37.1. The summed E-state index contributed by atoms with van der Waals surface area (Å²) in [6, 6.07) is 22.3. The quantitative estimate of drug-likeness (QED) is 0.352. The number of hydrogen-bond acceptors (Lipinski definition) is 4. The number of hydrogen-bond donors (Lipinski definition) is 4. The Labute approximate surface area is 204 Å². The van der Waals surface area contributed by atoms with Gasteiger partial charge in [-0.1, -0.05) is 54.6 Å². The normalized spacial score (nSPS) is 11.9. The fourth-order valence-corrected chi connectivity index (χ4v) is 3.82. The van der Waals surface area contributed by atoms with E-state index < -0.39 is 29.4 Å². The molecule has 0 aliphatic rings. The highest BCUT2D eigenvalue weighted by Crippen LogP contribution is 2.22.